The number of hydrogen-bond donors (Lipinski definition) is 3. The summed E-state index contributed by atoms with van der Waals surface area (Å²) >= 11 is 6.01. The lowest BCUT2D eigenvalue weighted by molar-refractivity contribution is 0.102. The van der Waals surface area contributed by atoms with Crippen LogP contribution in [0.2, 0.25) is 5.02 Å². The van der Waals surface area contributed by atoms with Crippen LogP contribution in [0.15, 0.2) is 81.9 Å². The highest BCUT2D eigenvalue weighted by Crippen LogP contribution is 2.40. The summed E-state index contributed by atoms with van der Waals surface area (Å²) in [6, 6.07) is 17.8. The molecule has 0 fully saturated rings. The number of ether oxygens (including phenoxy) is 1. The van der Waals surface area contributed by atoms with Crippen LogP contribution in [-0.2, 0) is 10.1 Å². The third-order valence-corrected chi connectivity index (χ3v) is 6.77. The molecule has 4 rings (SSSR count). The van der Waals surface area contributed by atoms with Gasteiger partial charge in [0.15, 0.2) is 5.75 Å². The number of aromatic hydroxyl groups is 1. The number of phenolic OH excluding ortho intramolecular Hbond substituents is 1. The van der Waals surface area contributed by atoms with Crippen LogP contribution < -0.4 is 10.1 Å². The number of nitrogens with one attached hydrogen (secondary N) is 1. The minimum Gasteiger partial charge on any atom is -0.505 e. The van der Waals surface area contributed by atoms with Crippen molar-refractivity contribution in [3.05, 3.63) is 82.9 Å². The molecule has 0 aliphatic rings. The lowest BCUT2D eigenvalue weighted by Crippen LogP contribution is -2.12. The minimum atomic E-state index is -4.52. The van der Waals surface area contributed by atoms with Crippen LogP contribution >= 0.6 is 11.6 Å². The second-order valence-corrected chi connectivity index (χ2v) is 9.80. The van der Waals surface area contributed by atoms with Crippen LogP contribution in [0.4, 0.5) is 17.1 Å². The predicted molar refractivity (Wildman–Crippen MR) is 141 cm³/mol. The lowest BCUT2D eigenvalue weighted by atomic mass is 10.0. The smallest absolute Gasteiger partial charge is 0.296 e. The number of azo groups is 1. The van der Waals surface area contributed by atoms with Gasteiger partial charge in [0.2, 0.25) is 0 Å². The number of benzene rings is 4. The molecule has 0 heterocycles. The van der Waals surface area contributed by atoms with E-state index in [1.165, 1.54) is 12.1 Å². The molecule has 0 saturated heterocycles. The van der Waals surface area contributed by atoms with Gasteiger partial charge in [0.05, 0.1) is 22.9 Å². The molecule has 190 valence electrons. The predicted octanol–water partition coefficient (Wildman–Crippen LogP) is 6.82. The average Bonchev–Trinajstić information content (AvgIpc) is 2.85. The summed E-state index contributed by atoms with van der Waals surface area (Å²) in [6.07, 6.45) is 0. The highest BCUT2D eigenvalue weighted by Gasteiger charge is 2.20. The number of hydrogen-bond acceptors (Lipinski definition) is 7. The zero-order chi connectivity index (χ0) is 26.7. The first-order valence-corrected chi connectivity index (χ1v) is 12.9. The van der Waals surface area contributed by atoms with Crippen LogP contribution in [0.3, 0.4) is 0 Å². The summed E-state index contributed by atoms with van der Waals surface area (Å²) in [6.45, 7) is 3.96. The summed E-state index contributed by atoms with van der Waals surface area (Å²) in [4.78, 5) is 12.6. The third kappa shape index (κ3) is 5.72. The Labute approximate surface area is 218 Å². The second-order valence-electron chi connectivity index (χ2n) is 8.00. The zero-order valence-electron chi connectivity index (χ0n) is 19.8. The monoisotopic (exact) mass is 539 g/mol. The Balaban J connectivity index is 1.73. The summed E-state index contributed by atoms with van der Waals surface area (Å²) in [5.74, 6) is -0.276. The Kier molecular flexibility index (Phi) is 7.44. The molecule has 9 nitrogen and oxygen atoms in total. The summed E-state index contributed by atoms with van der Waals surface area (Å²) in [7, 11) is -4.52. The Hall–Kier alpha value is -3.99. The Morgan fingerprint density at radius 1 is 1.05 bits per heavy atom. The van der Waals surface area contributed by atoms with E-state index in [9.17, 15) is 22.9 Å². The Bertz CT molecular complexity index is 1640. The first kappa shape index (κ1) is 26.1. The molecule has 1 amide bonds. The first-order valence-electron chi connectivity index (χ1n) is 11.1. The molecule has 37 heavy (non-hydrogen) atoms. The molecular formula is C26H22ClN3O6S. The summed E-state index contributed by atoms with van der Waals surface area (Å²) in [5.41, 5.74) is 1.12. The molecular weight excluding hydrogens is 518 g/mol. The van der Waals surface area contributed by atoms with Crippen LogP contribution in [0, 0.1) is 6.92 Å². The molecule has 0 unspecified atom stereocenters. The van der Waals surface area contributed by atoms with Crippen molar-refractivity contribution < 1.29 is 27.6 Å². The van der Waals surface area contributed by atoms with Crippen molar-refractivity contribution in [1.82, 2.24) is 0 Å². The van der Waals surface area contributed by atoms with Gasteiger partial charge in [0.25, 0.3) is 16.0 Å². The molecule has 0 bridgehead atoms. The number of nitrogens with zero attached hydrogens (tertiary/aromatic N) is 2. The van der Waals surface area contributed by atoms with E-state index in [-0.39, 0.29) is 27.7 Å². The van der Waals surface area contributed by atoms with Crippen molar-refractivity contribution in [3.8, 4) is 11.5 Å². The van der Waals surface area contributed by atoms with Gasteiger partial charge in [-0.15, -0.1) is 5.11 Å². The van der Waals surface area contributed by atoms with Gasteiger partial charge in [-0.25, -0.2) is 0 Å². The number of amides is 1. The third-order valence-electron chi connectivity index (χ3n) is 5.45. The summed E-state index contributed by atoms with van der Waals surface area (Å²) < 4.78 is 37.8. The number of anilines is 1. The van der Waals surface area contributed by atoms with E-state index in [1.807, 2.05) is 6.92 Å². The molecule has 0 saturated carbocycles. The average molecular weight is 540 g/mol. The molecule has 11 heteroatoms. The number of halogens is 1. The van der Waals surface area contributed by atoms with E-state index < -0.39 is 20.9 Å². The lowest BCUT2D eigenvalue weighted by Gasteiger charge is -2.12. The minimum absolute atomic E-state index is 0.0157. The molecule has 0 spiro atoms. The van der Waals surface area contributed by atoms with Crippen molar-refractivity contribution in [3.63, 3.8) is 0 Å². The van der Waals surface area contributed by atoms with E-state index in [0.29, 0.717) is 34.4 Å². The summed E-state index contributed by atoms with van der Waals surface area (Å²) in [5, 5.41) is 23.1. The van der Waals surface area contributed by atoms with E-state index in [1.54, 1.807) is 61.5 Å². The van der Waals surface area contributed by atoms with Gasteiger partial charge >= 0.3 is 0 Å². The normalized spacial score (nSPS) is 11.7. The fourth-order valence-corrected chi connectivity index (χ4v) is 4.73. The fraction of sp³-hybridized carbons (Fsp3) is 0.115. The molecule has 0 aliphatic heterocycles. The molecule has 0 atom stereocenters. The van der Waals surface area contributed by atoms with Crippen LogP contribution in [0.1, 0.15) is 22.8 Å². The van der Waals surface area contributed by atoms with Crippen molar-refractivity contribution >= 4 is 55.5 Å². The number of aryl methyl sites for hydroxylation is 1. The van der Waals surface area contributed by atoms with Gasteiger partial charge in [-0.2, -0.15) is 13.5 Å². The maximum absolute atomic E-state index is 13.1. The number of rotatable bonds is 7. The Morgan fingerprint density at radius 3 is 2.43 bits per heavy atom. The van der Waals surface area contributed by atoms with Gasteiger partial charge in [-0.3, -0.25) is 9.35 Å². The number of carbonyl (C=O) groups excluding carboxylic acids is 1. The number of carbonyl (C=O) groups is 1. The van der Waals surface area contributed by atoms with Crippen molar-refractivity contribution in [2.45, 2.75) is 18.7 Å². The largest absolute Gasteiger partial charge is 0.505 e. The van der Waals surface area contributed by atoms with Crippen LogP contribution in [0.25, 0.3) is 10.8 Å². The SMILES string of the molecule is CCOc1ccc(NC(=O)c2cc3ccccc3c(N=Nc3cc(Cl)c(S(=O)(=O)O)cc3C)c2O)cc1. The Morgan fingerprint density at radius 2 is 1.76 bits per heavy atom. The highest BCUT2D eigenvalue weighted by atomic mass is 35.5. The molecule has 0 radical (unpaired) electrons. The van der Waals surface area contributed by atoms with E-state index in [4.69, 9.17) is 16.3 Å². The van der Waals surface area contributed by atoms with Crippen molar-refractivity contribution in [1.29, 1.82) is 0 Å². The van der Waals surface area contributed by atoms with E-state index in [2.05, 4.69) is 15.5 Å². The quantitative estimate of drug-likeness (QED) is 0.174. The number of fused-ring (bicyclic) bond motifs is 1. The molecule has 0 aromatic heterocycles. The van der Waals surface area contributed by atoms with Gasteiger partial charge in [-0.1, -0.05) is 35.9 Å². The molecule has 4 aromatic rings. The maximum atomic E-state index is 13.1. The molecule has 0 aliphatic carbocycles. The van der Waals surface area contributed by atoms with Crippen LogP contribution in [0.5, 0.6) is 11.5 Å². The van der Waals surface area contributed by atoms with Crippen LogP contribution in [-0.4, -0.2) is 30.6 Å². The topological polar surface area (TPSA) is 138 Å². The van der Waals surface area contributed by atoms with Crippen molar-refractivity contribution in [2.75, 3.05) is 11.9 Å². The number of phenols is 1. The van der Waals surface area contributed by atoms with Gasteiger partial charge in [0.1, 0.15) is 16.3 Å². The first-order chi connectivity index (χ1) is 17.6. The van der Waals surface area contributed by atoms with Gasteiger partial charge in [-0.05, 0) is 67.3 Å². The van der Waals surface area contributed by atoms with Gasteiger partial charge < -0.3 is 15.2 Å². The van der Waals surface area contributed by atoms with Gasteiger partial charge in [0, 0.05) is 11.1 Å². The maximum Gasteiger partial charge on any atom is 0.296 e. The molecule has 4 aromatic carbocycles. The van der Waals surface area contributed by atoms with E-state index >= 15 is 0 Å². The standard InChI is InChI=1S/C26H22ClN3O6S/c1-3-36-18-10-8-17(9-11-18)28-26(32)20-13-16-6-4-5-7-19(16)24(25(20)31)30-29-22-14-21(27)23(12-15(22)2)37(33,34)35/h4-14,31H,3H2,1-2H3,(H,28,32)(H,33,34,35). The highest BCUT2D eigenvalue weighted by molar-refractivity contribution is 7.86. The van der Waals surface area contributed by atoms with Crippen molar-refractivity contribution in [2.24, 2.45) is 10.2 Å². The molecule has 3 N–H and O–H groups in total. The second kappa shape index (κ2) is 10.6. The zero-order valence-corrected chi connectivity index (χ0v) is 21.3. The van der Waals surface area contributed by atoms with E-state index in [0.717, 1.165) is 0 Å². The fourth-order valence-electron chi connectivity index (χ4n) is 3.65.